The second kappa shape index (κ2) is 9.52. The topological polar surface area (TPSA) is 56.2 Å². The minimum absolute atomic E-state index is 0.0305. The van der Waals surface area contributed by atoms with E-state index in [-0.39, 0.29) is 6.04 Å². The third-order valence-corrected chi connectivity index (χ3v) is 3.49. The minimum Gasteiger partial charge on any atom is -0.324 e. The smallest absolute Gasteiger partial charge is 0.147 e. The van der Waals surface area contributed by atoms with Gasteiger partial charge in [-0.05, 0) is 37.0 Å². The number of benzene rings is 1. The molecule has 25 heavy (non-hydrogen) atoms. The molecular formula is C21H34N4. The zero-order valence-corrected chi connectivity index (χ0v) is 17.1. The summed E-state index contributed by atoms with van der Waals surface area (Å²) in [6.45, 7) is 16.7. The number of rotatable bonds is 2. The van der Waals surface area contributed by atoms with Crippen LogP contribution in [-0.4, -0.2) is 14.4 Å². The molecular weight excluding hydrogens is 308 g/mol. The highest BCUT2D eigenvalue weighted by Gasteiger charge is 2.13. The maximum Gasteiger partial charge on any atom is 0.147 e. The highest BCUT2D eigenvalue weighted by atomic mass is 15.1. The van der Waals surface area contributed by atoms with Gasteiger partial charge in [-0.15, -0.1) is 0 Å². The van der Waals surface area contributed by atoms with E-state index in [2.05, 4.69) is 56.1 Å². The van der Waals surface area contributed by atoms with E-state index in [0.29, 0.717) is 0 Å². The van der Waals surface area contributed by atoms with Gasteiger partial charge in [0.05, 0.1) is 5.52 Å². The van der Waals surface area contributed by atoms with Crippen molar-refractivity contribution in [2.45, 2.75) is 67.9 Å². The lowest BCUT2D eigenvalue weighted by molar-refractivity contribution is 0.737. The van der Waals surface area contributed by atoms with Crippen LogP contribution < -0.4 is 5.73 Å². The molecule has 0 aliphatic rings. The van der Waals surface area contributed by atoms with Crippen LogP contribution in [0.3, 0.4) is 0 Å². The number of imidazole rings is 1. The zero-order chi connectivity index (χ0) is 19.1. The summed E-state index contributed by atoms with van der Waals surface area (Å²) in [5.74, 6) is 1.85. The molecule has 4 nitrogen and oxygen atoms in total. The van der Waals surface area contributed by atoms with Crippen LogP contribution in [0.2, 0.25) is 0 Å². The molecule has 0 amide bonds. The monoisotopic (exact) mass is 342 g/mol. The van der Waals surface area contributed by atoms with Gasteiger partial charge in [-0.2, -0.15) is 0 Å². The third-order valence-electron chi connectivity index (χ3n) is 3.49. The van der Waals surface area contributed by atoms with Gasteiger partial charge in [-0.25, -0.2) is 9.97 Å². The minimum atomic E-state index is -0.0305. The number of hydrogen-bond donors (Lipinski definition) is 1. The predicted molar refractivity (Wildman–Crippen MR) is 109 cm³/mol. The van der Waals surface area contributed by atoms with Gasteiger partial charge >= 0.3 is 0 Å². The molecule has 4 heteroatoms. The summed E-state index contributed by atoms with van der Waals surface area (Å²) in [5, 5.41) is 1.08. The number of aromatic nitrogens is 3. The first-order valence-corrected chi connectivity index (χ1v) is 9.36. The lowest BCUT2D eigenvalue weighted by Gasteiger charge is -2.13. The molecule has 0 saturated heterocycles. The molecule has 0 aliphatic heterocycles. The van der Waals surface area contributed by atoms with Crippen LogP contribution in [-0.2, 0) is 6.42 Å². The van der Waals surface area contributed by atoms with Crippen LogP contribution in [0.4, 0.5) is 0 Å². The van der Waals surface area contributed by atoms with Gasteiger partial charge in [0.1, 0.15) is 11.5 Å². The van der Waals surface area contributed by atoms with Gasteiger partial charge in [-0.1, -0.05) is 47.6 Å². The van der Waals surface area contributed by atoms with Crippen LogP contribution in [0, 0.1) is 12.8 Å². The Morgan fingerprint density at radius 3 is 2.24 bits per heavy atom. The Morgan fingerprint density at radius 2 is 1.72 bits per heavy atom. The number of hydrogen-bond acceptors (Lipinski definition) is 3. The summed E-state index contributed by atoms with van der Waals surface area (Å²) < 4.78 is 2.06. The lowest BCUT2D eigenvalue weighted by atomic mass is 10.0. The predicted octanol–water partition coefficient (Wildman–Crippen LogP) is 5.46. The molecule has 0 saturated carbocycles. The van der Waals surface area contributed by atoms with Crippen molar-refractivity contribution in [1.29, 1.82) is 0 Å². The van der Waals surface area contributed by atoms with Crippen molar-refractivity contribution in [2.24, 2.45) is 11.7 Å². The van der Waals surface area contributed by atoms with Crippen LogP contribution in [0.1, 0.15) is 71.5 Å². The summed E-state index contributed by atoms with van der Waals surface area (Å²) in [6, 6.07) is 4.23. The average molecular weight is 343 g/mol. The molecule has 0 bridgehead atoms. The summed E-state index contributed by atoms with van der Waals surface area (Å²) in [6.07, 6.45) is 4.66. The standard InChI is InChI=1S/C15H18N4.C4H10.C2H6/c1-4-13-18-14-11(10(3)16)7-9(2)8-12(14)15-17-5-6-19(13)15;1-4(2)3;1-2/h5-8,10H,4,16H2,1-3H3;4H,1-3H3;1-2H3. The summed E-state index contributed by atoms with van der Waals surface area (Å²) >= 11 is 0. The van der Waals surface area contributed by atoms with Crippen molar-refractivity contribution in [3.05, 3.63) is 41.5 Å². The molecule has 2 N–H and O–H groups in total. The van der Waals surface area contributed by atoms with Crippen molar-refractivity contribution in [2.75, 3.05) is 0 Å². The van der Waals surface area contributed by atoms with Gasteiger partial charge in [0.15, 0.2) is 0 Å². The fourth-order valence-electron chi connectivity index (χ4n) is 2.59. The second-order valence-electron chi connectivity index (χ2n) is 6.77. The van der Waals surface area contributed by atoms with Crippen LogP contribution in [0.15, 0.2) is 24.5 Å². The Kier molecular flexibility index (Phi) is 8.04. The fourth-order valence-corrected chi connectivity index (χ4v) is 2.59. The van der Waals surface area contributed by atoms with Gasteiger partial charge in [-0.3, -0.25) is 4.40 Å². The van der Waals surface area contributed by atoms with E-state index >= 15 is 0 Å². The first-order valence-electron chi connectivity index (χ1n) is 9.36. The van der Waals surface area contributed by atoms with Crippen molar-refractivity contribution in [3.63, 3.8) is 0 Å². The van der Waals surface area contributed by atoms with E-state index < -0.39 is 0 Å². The maximum atomic E-state index is 6.09. The van der Waals surface area contributed by atoms with E-state index in [4.69, 9.17) is 10.7 Å². The molecule has 0 radical (unpaired) electrons. The quantitative estimate of drug-likeness (QED) is 0.672. The SMILES string of the molecule is CC.CC(C)C.CCc1nc2c(C(C)N)cc(C)cc2c2nccn12. The van der Waals surface area contributed by atoms with Crippen LogP contribution in [0.25, 0.3) is 16.6 Å². The molecule has 138 valence electrons. The Labute approximate surface area is 152 Å². The summed E-state index contributed by atoms with van der Waals surface area (Å²) in [4.78, 5) is 9.28. The van der Waals surface area contributed by atoms with Crippen molar-refractivity contribution in [1.82, 2.24) is 14.4 Å². The molecule has 1 unspecified atom stereocenters. The fraction of sp³-hybridized carbons (Fsp3) is 0.524. The van der Waals surface area contributed by atoms with E-state index in [1.54, 1.807) is 0 Å². The molecule has 0 spiro atoms. The molecule has 2 heterocycles. The maximum absolute atomic E-state index is 6.09. The summed E-state index contributed by atoms with van der Waals surface area (Å²) in [7, 11) is 0. The molecule has 3 rings (SSSR count). The Morgan fingerprint density at radius 1 is 1.12 bits per heavy atom. The molecule has 2 aromatic heterocycles. The van der Waals surface area contributed by atoms with Gasteiger partial charge in [0.2, 0.25) is 0 Å². The molecule has 1 aromatic carbocycles. The third kappa shape index (κ3) is 5.02. The molecule has 1 atom stereocenters. The van der Waals surface area contributed by atoms with E-state index in [1.165, 1.54) is 5.56 Å². The van der Waals surface area contributed by atoms with Gasteiger partial charge in [0.25, 0.3) is 0 Å². The van der Waals surface area contributed by atoms with Crippen molar-refractivity contribution >= 4 is 16.6 Å². The normalized spacial score (nSPS) is 11.8. The molecule has 0 aliphatic carbocycles. The van der Waals surface area contributed by atoms with E-state index in [9.17, 15) is 0 Å². The molecule has 3 aromatic rings. The van der Waals surface area contributed by atoms with E-state index in [0.717, 1.165) is 40.3 Å². The van der Waals surface area contributed by atoms with Crippen molar-refractivity contribution in [3.8, 4) is 0 Å². The second-order valence-corrected chi connectivity index (χ2v) is 6.77. The summed E-state index contributed by atoms with van der Waals surface area (Å²) in [5.41, 5.74) is 10.3. The van der Waals surface area contributed by atoms with Crippen LogP contribution >= 0.6 is 0 Å². The highest BCUT2D eigenvalue weighted by molar-refractivity contribution is 5.94. The number of nitrogens with two attached hydrogens (primary N) is 1. The first-order chi connectivity index (χ1) is 11.8. The van der Waals surface area contributed by atoms with Crippen LogP contribution in [0.5, 0.6) is 0 Å². The highest BCUT2D eigenvalue weighted by Crippen LogP contribution is 2.27. The lowest BCUT2D eigenvalue weighted by Crippen LogP contribution is -2.09. The number of nitrogens with zero attached hydrogens (tertiary/aromatic N) is 3. The first kappa shape index (κ1) is 21.1. The van der Waals surface area contributed by atoms with E-state index in [1.807, 2.05) is 33.2 Å². The Bertz CT molecular complexity index is 798. The Hall–Kier alpha value is -1.94. The van der Waals surface area contributed by atoms with Crippen molar-refractivity contribution < 1.29 is 0 Å². The number of aryl methyl sites for hydroxylation is 2. The Balaban J connectivity index is 0.000000461. The molecule has 0 fully saturated rings. The average Bonchev–Trinajstić information content (AvgIpc) is 3.05. The van der Waals surface area contributed by atoms with Gasteiger partial charge < -0.3 is 5.73 Å². The largest absolute Gasteiger partial charge is 0.324 e. The number of fused-ring (bicyclic) bond motifs is 3. The van der Waals surface area contributed by atoms with Gasteiger partial charge in [0, 0.05) is 30.2 Å². The zero-order valence-electron chi connectivity index (χ0n) is 17.1.